The van der Waals surface area contributed by atoms with E-state index < -0.39 is 5.60 Å². The SMILES string of the molecule is COCc1nsc(N2CCC(NC(=O)OC(C)(C)C)CC2C)n1. The molecule has 2 rings (SSSR count). The molecule has 2 unspecified atom stereocenters. The second-order valence-corrected chi connectivity index (χ2v) is 7.57. The highest BCUT2D eigenvalue weighted by Gasteiger charge is 2.29. The van der Waals surface area contributed by atoms with E-state index in [1.807, 2.05) is 20.8 Å². The van der Waals surface area contributed by atoms with E-state index in [4.69, 9.17) is 9.47 Å². The first kappa shape index (κ1) is 17.9. The number of amides is 1. The van der Waals surface area contributed by atoms with E-state index in [0.29, 0.717) is 12.4 Å². The van der Waals surface area contributed by atoms with Gasteiger partial charge >= 0.3 is 6.09 Å². The standard InChI is InChI=1S/C15H26N4O3S/c1-10-8-11(16-14(20)22-15(2,3)4)6-7-19(10)13-17-12(9-21-5)18-23-13/h10-11H,6-9H2,1-5H3,(H,16,20). The maximum absolute atomic E-state index is 11.9. The van der Waals surface area contributed by atoms with Gasteiger partial charge in [0.25, 0.3) is 0 Å². The van der Waals surface area contributed by atoms with E-state index in [9.17, 15) is 4.79 Å². The van der Waals surface area contributed by atoms with E-state index in [1.54, 1.807) is 7.11 Å². The molecule has 0 spiro atoms. The van der Waals surface area contributed by atoms with Crippen molar-refractivity contribution in [1.29, 1.82) is 0 Å². The molecule has 23 heavy (non-hydrogen) atoms. The smallest absolute Gasteiger partial charge is 0.407 e. The zero-order chi connectivity index (χ0) is 17.0. The topological polar surface area (TPSA) is 76.6 Å². The summed E-state index contributed by atoms with van der Waals surface area (Å²) >= 11 is 1.40. The molecule has 1 aliphatic rings. The van der Waals surface area contributed by atoms with Crippen LogP contribution in [-0.2, 0) is 16.1 Å². The van der Waals surface area contributed by atoms with E-state index in [-0.39, 0.29) is 18.2 Å². The number of hydrogen-bond donors (Lipinski definition) is 1. The van der Waals surface area contributed by atoms with Crippen LogP contribution >= 0.6 is 11.5 Å². The highest BCUT2D eigenvalue weighted by atomic mass is 32.1. The summed E-state index contributed by atoms with van der Waals surface area (Å²) in [5.41, 5.74) is -0.472. The van der Waals surface area contributed by atoms with Crippen LogP contribution in [-0.4, -0.2) is 46.8 Å². The van der Waals surface area contributed by atoms with Crippen molar-refractivity contribution in [2.24, 2.45) is 0 Å². The Kier molecular flexibility index (Phi) is 5.80. The summed E-state index contributed by atoms with van der Waals surface area (Å²) in [7, 11) is 1.64. The molecule has 1 amide bonds. The maximum atomic E-state index is 11.9. The summed E-state index contributed by atoms with van der Waals surface area (Å²) < 4.78 is 14.7. The fraction of sp³-hybridized carbons (Fsp3) is 0.800. The molecule has 1 N–H and O–H groups in total. The molecule has 0 aromatic carbocycles. The van der Waals surface area contributed by atoms with Crippen molar-refractivity contribution >= 4 is 22.8 Å². The fourth-order valence-electron chi connectivity index (χ4n) is 2.61. The minimum absolute atomic E-state index is 0.127. The number of anilines is 1. The zero-order valence-electron chi connectivity index (χ0n) is 14.5. The first-order valence-electron chi connectivity index (χ1n) is 7.86. The number of methoxy groups -OCH3 is 1. The van der Waals surface area contributed by atoms with Crippen molar-refractivity contribution in [2.75, 3.05) is 18.6 Å². The predicted molar refractivity (Wildman–Crippen MR) is 89.8 cm³/mol. The molecule has 1 aromatic rings. The third kappa shape index (κ3) is 5.31. The maximum Gasteiger partial charge on any atom is 0.407 e. The van der Waals surface area contributed by atoms with Crippen LogP contribution in [0.25, 0.3) is 0 Å². The number of piperidine rings is 1. The van der Waals surface area contributed by atoms with Gasteiger partial charge in [0.2, 0.25) is 5.13 Å². The second kappa shape index (κ2) is 7.44. The number of aromatic nitrogens is 2. The number of alkyl carbamates (subject to hydrolysis) is 1. The number of ether oxygens (including phenoxy) is 2. The summed E-state index contributed by atoms with van der Waals surface area (Å²) in [4.78, 5) is 18.6. The molecule has 1 aliphatic heterocycles. The van der Waals surface area contributed by atoms with Gasteiger partial charge in [-0.1, -0.05) is 0 Å². The lowest BCUT2D eigenvalue weighted by Gasteiger charge is -2.37. The molecule has 2 atom stereocenters. The van der Waals surface area contributed by atoms with Gasteiger partial charge in [-0.05, 0) is 40.5 Å². The molecule has 0 aliphatic carbocycles. The Balaban J connectivity index is 1.88. The van der Waals surface area contributed by atoms with Crippen molar-refractivity contribution in [1.82, 2.24) is 14.7 Å². The Labute approximate surface area is 141 Å². The van der Waals surface area contributed by atoms with Crippen molar-refractivity contribution in [3.8, 4) is 0 Å². The van der Waals surface area contributed by atoms with Gasteiger partial charge in [-0.25, -0.2) is 9.78 Å². The molecule has 1 aromatic heterocycles. The summed E-state index contributed by atoms with van der Waals surface area (Å²) in [6, 6.07) is 0.412. The third-order valence-electron chi connectivity index (χ3n) is 3.57. The summed E-state index contributed by atoms with van der Waals surface area (Å²) in [6.45, 7) is 9.01. The Hall–Kier alpha value is -1.41. The van der Waals surface area contributed by atoms with E-state index in [2.05, 4.69) is 26.5 Å². The molecule has 0 saturated carbocycles. The zero-order valence-corrected chi connectivity index (χ0v) is 15.3. The third-order valence-corrected chi connectivity index (χ3v) is 4.36. The van der Waals surface area contributed by atoms with Gasteiger partial charge in [-0.3, -0.25) is 0 Å². The molecular weight excluding hydrogens is 316 g/mol. The van der Waals surface area contributed by atoms with Crippen LogP contribution in [0.5, 0.6) is 0 Å². The fourth-order valence-corrected chi connectivity index (χ4v) is 3.41. The van der Waals surface area contributed by atoms with Gasteiger partial charge < -0.3 is 19.7 Å². The predicted octanol–water partition coefficient (Wildman–Crippen LogP) is 2.57. The van der Waals surface area contributed by atoms with Crippen LogP contribution in [0.2, 0.25) is 0 Å². The number of rotatable bonds is 4. The number of nitrogens with zero attached hydrogens (tertiary/aromatic N) is 3. The lowest BCUT2D eigenvalue weighted by atomic mass is 9.99. The van der Waals surface area contributed by atoms with Gasteiger partial charge in [-0.15, -0.1) is 0 Å². The van der Waals surface area contributed by atoms with Crippen molar-refractivity contribution in [3.05, 3.63) is 5.82 Å². The molecule has 0 radical (unpaired) electrons. The molecule has 130 valence electrons. The highest BCUT2D eigenvalue weighted by Crippen LogP contribution is 2.26. The molecule has 1 fully saturated rings. The lowest BCUT2D eigenvalue weighted by Crippen LogP contribution is -2.49. The number of carbonyl (C=O) groups is 1. The molecule has 8 heteroatoms. The number of carbonyl (C=O) groups excluding carboxylic acids is 1. The first-order chi connectivity index (χ1) is 10.8. The van der Waals surface area contributed by atoms with Gasteiger partial charge in [0, 0.05) is 37.3 Å². The normalized spacial score (nSPS) is 22.0. The number of nitrogens with one attached hydrogen (secondary N) is 1. The molecular formula is C15H26N4O3S. The van der Waals surface area contributed by atoms with Crippen LogP contribution in [0, 0.1) is 0 Å². The summed E-state index contributed by atoms with van der Waals surface area (Å²) in [5, 5.41) is 3.88. The molecule has 2 heterocycles. The first-order valence-corrected chi connectivity index (χ1v) is 8.63. The van der Waals surface area contributed by atoms with Gasteiger partial charge in [-0.2, -0.15) is 4.37 Å². The van der Waals surface area contributed by atoms with E-state index in [0.717, 1.165) is 24.5 Å². The summed E-state index contributed by atoms with van der Waals surface area (Å²) in [5.74, 6) is 0.716. The van der Waals surface area contributed by atoms with Crippen molar-refractivity contribution in [2.45, 2.75) is 64.8 Å². The van der Waals surface area contributed by atoms with Crippen molar-refractivity contribution < 1.29 is 14.3 Å². The van der Waals surface area contributed by atoms with Gasteiger partial charge in [0.15, 0.2) is 5.82 Å². The minimum Gasteiger partial charge on any atom is -0.444 e. The van der Waals surface area contributed by atoms with Crippen LogP contribution < -0.4 is 10.2 Å². The monoisotopic (exact) mass is 342 g/mol. The molecule has 1 saturated heterocycles. The molecule has 0 bridgehead atoms. The second-order valence-electron chi connectivity index (χ2n) is 6.84. The average molecular weight is 342 g/mol. The van der Waals surface area contributed by atoms with Gasteiger partial charge in [0.05, 0.1) is 0 Å². The van der Waals surface area contributed by atoms with E-state index >= 15 is 0 Å². The lowest BCUT2D eigenvalue weighted by molar-refractivity contribution is 0.0494. The van der Waals surface area contributed by atoms with E-state index in [1.165, 1.54) is 11.5 Å². The largest absolute Gasteiger partial charge is 0.444 e. The Morgan fingerprint density at radius 1 is 1.48 bits per heavy atom. The van der Waals surface area contributed by atoms with Crippen LogP contribution in [0.1, 0.15) is 46.4 Å². The van der Waals surface area contributed by atoms with Crippen LogP contribution in [0.4, 0.5) is 9.93 Å². The highest BCUT2D eigenvalue weighted by molar-refractivity contribution is 7.09. The van der Waals surface area contributed by atoms with Crippen molar-refractivity contribution in [3.63, 3.8) is 0 Å². The van der Waals surface area contributed by atoms with Crippen LogP contribution in [0.3, 0.4) is 0 Å². The minimum atomic E-state index is -0.472. The Morgan fingerprint density at radius 2 is 2.22 bits per heavy atom. The van der Waals surface area contributed by atoms with Gasteiger partial charge in [0.1, 0.15) is 12.2 Å². The Bertz CT molecular complexity index is 529. The summed E-state index contributed by atoms with van der Waals surface area (Å²) in [6.07, 6.45) is 1.38. The average Bonchev–Trinajstić information content (AvgIpc) is 2.85. The van der Waals surface area contributed by atoms with Crippen LogP contribution in [0.15, 0.2) is 0 Å². The molecule has 7 nitrogen and oxygen atoms in total. The quantitative estimate of drug-likeness (QED) is 0.906. The number of hydrogen-bond acceptors (Lipinski definition) is 7. The Morgan fingerprint density at radius 3 is 2.83 bits per heavy atom.